The molecule has 0 heterocycles. The summed E-state index contributed by atoms with van der Waals surface area (Å²) in [6.07, 6.45) is 6.01. The van der Waals surface area contributed by atoms with Crippen LogP contribution >= 0.6 is 0 Å². The van der Waals surface area contributed by atoms with E-state index in [0.717, 1.165) is 12.8 Å². The van der Waals surface area contributed by atoms with E-state index in [2.05, 4.69) is 24.3 Å². The molecule has 0 spiro atoms. The SMILES string of the molecule is [O-]NCCCC=Cc1ccccc1. The van der Waals surface area contributed by atoms with Crippen molar-refractivity contribution in [3.63, 3.8) is 0 Å². The van der Waals surface area contributed by atoms with Gasteiger partial charge in [-0.2, -0.15) is 0 Å². The van der Waals surface area contributed by atoms with Crippen molar-refractivity contribution in [2.45, 2.75) is 12.8 Å². The number of rotatable bonds is 5. The van der Waals surface area contributed by atoms with E-state index in [-0.39, 0.29) is 0 Å². The zero-order valence-electron chi connectivity index (χ0n) is 7.57. The largest absolute Gasteiger partial charge is 0.788 e. The molecule has 2 nitrogen and oxygen atoms in total. The van der Waals surface area contributed by atoms with E-state index < -0.39 is 0 Å². The molecule has 13 heavy (non-hydrogen) atoms. The summed E-state index contributed by atoms with van der Waals surface area (Å²) in [5.41, 5.74) is 3.09. The van der Waals surface area contributed by atoms with Gasteiger partial charge in [0, 0.05) is 0 Å². The van der Waals surface area contributed by atoms with Crippen molar-refractivity contribution in [1.29, 1.82) is 0 Å². The molecule has 0 radical (unpaired) electrons. The van der Waals surface area contributed by atoms with Gasteiger partial charge >= 0.3 is 0 Å². The second-order valence-electron chi connectivity index (χ2n) is 2.85. The van der Waals surface area contributed by atoms with Crippen LogP contribution in [0.2, 0.25) is 0 Å². The van der Waals surface area contributed by atoms with Gasteiger partial charge in [-0.05, 0) is 24.9 Å². The molecule has 0 aliphatic rings. The third-order valence-electron chi connectivity index (χ3n) is 1.76. The van der Waals surface area contributed by atoms with E-state index in [9.17, 15) is 5.21 Å². The fourth-order valence-electron chi connectivity index (χ4n) is 1.08. The second kappa shape index (κ2) is 6.40. The van der Waals surface area contributed by atoms with Crippen LogP contribution in [0.1, 0.15) is 18.4 Å². The van der Waals surface area contributed by atoms with E-state index in [1.54, 1.807) is 0 Å². The molecular weight excluding hydrogens is 162 g/mol. The summed E-state index contributed by atoms with van der Waals surface area (Å²) in [7, 11) is 0. The lowest BCUT2D eigenvalue weighted by molar-refractivity contribution is 0.768. The number of benzene rings is 1. The maximum absolute atomic E-state index is 9.89. The summed E-state index contributed by atoms with van der Waals surface area (Å²) in [5, 5.41) is 9.89. The van der Waals surface area contributed by atoms with Crippen molar-refractivity contribution >= 4 is 6.08 Å². The van der Waals surface area contributed by atoms with Gasteiger partial charge in [0.2, 0.25) is 0 Å². The molecule has 0 aromatic heterocycles. The molecule has 70 valence electrons. The van der Waals surface area contributed by atoms with E-state index in [0.29, 0.717) is 6.54 Å². The van der Waals surface area contributed by atoms with Crippen LogP contribution in [0.25, 0.3) is 6.08 Å². The number of unbranched alkanes of at least 4 members (excludes halogenated alkanes) is 1. The van der Waals surface area contributed by atoms with Crippen molar-refractivity contribution in [2.24, 2.45) is 0 Å². The highest BCUT2D eigenvalue weighted by molar-refractivity contribution is 5.48. The average molecular weight is 176 g/mol. The van der Waals surface area contributed by atoms with Gasteiger partial charge in [-0.25, -0.2) is 0 Å². The summed E-state index contributed by atoms with van der Waals surface area (Å²) in [5.74, 6) is 0. The first kappa shape index (κ1) is 9.96. The fourth-order valence-corrected chi connectivity index (χ4v) is 1.08. The van der Waals surface area contributed by atoms with Crippen LogP contribution in [0.4, 0.5) is 0 Å². The lowest BCUT2D eigenvalue weighted by atomic mass is 10.2. The molecule has 0 aliphatic heterocycles. The predicted octanol–water partition coefficient (Wildman–Crippen LogP) is 2.57. The van der Waals surface area contributed by atoms with Gasteiger partial charge in [-0.3, -0.25) is 0 Å². The molecule has 0 amide bonds. The van der Waals surface area contributed by atoms with Crippen LogP contribution in [0.5, 0.6) is 0 Å². The number of allylic oxidation sites excluding steroid dienone is 1. The zero-order chi connectivity index (χ0) is 9.36. The summed E-state index contributed by atoms with van der Waals surface area (Å²) in [4.78, 5) is 0. The van der Waals surface area contributed by atoms with Gasteiger partial charge in [-0.1, -0.05) is 42.5 Å². The maximum atomic E-state index is 9.89. The molecule has 0 saturated carbocycles. The van der Waals surface area contributed by atoms with E-state index in [1.807, 2.05) is 23.7 Å². The first-order valence-corrected chi connectivity index (χ1v) is 4.50. The van der Waals surface area contributed by atoms with Gasteiger partial charge < -0.3 is 10.7 Å². The Kier molecular flexibility index (Phi) is 4.91. The zero-order valence-corrected chi connectivity index (χ0v) is 7.57. The minimum Gasteiger partial charge on any atom is -0.788 e. The van der Waals surface area contributed by atoms with Crippen LogP contribution in [0, 0.1) is 5.21 Å². The summed E-state index contributed by atoms with van der Waals surface area (Å²) in [6.45, 7) is 0.541. The summed E-state index contributed by atoms with van der Waals surface area (Å²) >= 11 is 0. The van der Waals surface area contributed by atoms with Crippen LogP contribution in [0.3, 0.4) is 0 Å². The Bertz CT molecular complexity index is 244. The Morgan fingerprint density at radius 2 is 2.00 bits per heavy atom. The highest BCUT2D eigenvalue weighted by atomic mass is 16.5. The summed E-state index contributed by atoms with van der Waals surface area (Å²) in [6, 6.07) is 10.1. The van der Waals surface area contributed by atoms with Crippen LogP contribution in [-0.4, -0.2) is 6.54 Å². The molecule has 1 rings (SSSR count). The molecule has 0 bridgehead atoms. The molecule has 1 N–H and O–H groups in total. The summed E-state index contributed by atoms with van der Waals surface area (Å²) < 4.78 is 0. The normalized spacial score (nSPS) is 10.8. The number of hydrogen-bond donors (Lipinski definition) is 1. The third-order valence-corrected chi connectivity index (χ3v) is 1.76. The first-order chi connectivity index (χ1) is 6.43. The first-order valence-electron chi connectivity index (χ1n) is 4.50. The molecular formula is C11H14NO-. The van der Waals surface area contributed by atoms with Crippen molar-refractivity contribution < 1.29 is 0 Å². The monoisotopic (exact) mass is 176 g/mol. The Labute approximate surface area is 78.9 Å². The van der Waals surface area contributed by atoms with Crippen LogP contribution in [0.15, 0.2) is 36.4 Å². The lowest BCUT2D eigenvalue weighted by Crippen LogP contribution is -2.03. The van der Waals surface area contributed by atoms with Gasteiger partial charge in [0.1, 0.15) is 0 Å². The minimum absolute atomic E-state index is 0.541. The maximum Gasteiger partial charge on any atom is -0.0167 e. The van der Waals surface area contributed by atoms with E-state index >= 15 is 0 Å². The Balaban J connectivity index is 2.25. The molecule has 0 unspecified atom stereocenters. The van der Waals surface area contributed by atoms with E-state index in [4.69, 9.17) is 0 Å². The smallest absolute Gasteiger partial charge is 0.0167 e. The molecule has 1 aromatic carbocycles. The third kappa shape index (κ3) is 4.45. The van der Waals surface area contributed by atoms with Gasteiger partial charge in [0.15, 0.2) is 0 Å². The standard InChI is InChI=1S/C11H14NO/c13-12-10-6-2-5-9-11-7-3-1-4-8-11/h1,3-5,7-9,12H,2,6,10H2/q-1. The van der Waals surface area contributed by atoms with E-state index in [1.165, 1.54) is 5.56 Å². The molecule has 0 aliphatic carbocycles. The highest BCUT2D eigenvalue weighted by Crippen LogP contribution is 2.02. The predicted molar refractivity (Wildman–Crippen MR) is 56.1 cm³/mol. The van der Waals surface area contributed by atoms with Gasteiger partial charge in [-0.15, -0.1) is 0 Å². The van der Waals surface area contributed by atoms with Crippen molar-refractivity contribution in [3.05, 3.63) is 47.2 Å². The van der Waals surface area contributed by atoms with Crippen LogP contribution < -0.4 is 5.48 Å². The van der Waals surface area contributed by atoms with Gasteiger partial charge in [0.25, 0.3) is 0 Å². The quantitative estimate of drug-likeness (QED) is 0.552. The topological polar surface area (TPSA) is 35.1 Å². The second-order valence-corrected chi connectivity index (χ2v) is 2.85. The van der Waals surface area contributed by atoms with Gasteiger partial charge in [0.05, 0.1) is 0 Å². The Hall–Kier alpha value is -1.12. The van der Waals surface area contributed by atoms with Crippen LogP contribution in [-0.2, 0) is 0 Å². The lowest BCUT2D eigenvalue weighted by Gasteiger charge is -2.03. The molecule has 2 heteroatoms. The number of hydroxylamine groups is 1. The Morgan fingerprint density at radius 1 is 1.23 bits per heavy atom. The molecule has 0 atom stereocenters. The van der Waals surface area contributed by atoms with Crippen molar-refractivity contribution in [2.75, 3.05) is 6.54 Å². The number of hydrogen-bond acceptors (Lipinski definition) is 2. The van der Waals surface area contributed by atoms with Crippen molar-refractivity contribution in [3.8, 4) is 0 Å². The Morgan fingerprint density at radius 3 is 2.69 bits per heavy atom. The highest BCUT2D eigenvalue weighted by Gasteiger charge is 1.82. The molecule has 0 saturated heterocycles. The molecule has 1 aromatic rings. The minimum atomic E-state index is 0.541. The average Bonchev–Trinajstić information content (AvgIpc) is 2.19. The number of nitrogens with one attached hydrogen (secondary N) is 1. The fraction of sp³-hybridized carbons (Fsp3) is 0.273. The molecule has 0 fully saturated rings. The van der Waals surface area contributed by atoms with Crippen molar-refractivity contribution in [1.82, 2.24) is 5.48 Å².